The number of hydrogen-bond donors (Lipinski definition) is 0. The average Bonchev–Trinajstić information content (AvgIpc) is 2.67. The summed E-state index contributed by atoms with van der Waals surface area (Å²) in [5.41, 5.74) is -0.600. The highest BCUT2D eigenvalue weighted by atomic mass is 16.6. The lowest BCUT2D eigenvalue weighted by atomic mass is 10.1. The first-order chi connectivity index (χ1) is 13.4. The van der Waals surface area contributed by atoms with E-state index in [0.29, 0.717) is 5.65 Å². The zero-order chi connectivity index (χ0) is 20.7. The zero-order valence-electron chi connectivity index (χ0n) is 15.8. The van der Waals surface area contributed by atoms with E-state index in [1.807, 2.05) is 6.07 Å². The SMILES string of the molecule is CCOC(=O)C(=Cc1c(N(C)CC#N)nc2ccccn2c1=O)C(=O)OCC. The standard InChI is InChI=1S/C19H20N4O5/c1-4-27-18(25)14(19(26)28-5-2)12-13-16(22(3)11-9-20)21-15-8-6-7-10-23(15)17(13)24/h6-8,10,12H,4-5,11H2,1-3H3. The molecular formula is C19H20N4O5. The van der Waals surface area contributed by atoms with Crippen molar-refractivity contribution in [3.05, 3.63) is 45.9 Å². The molecule has 2 rings (SSSR count). The van der Waals surface area contributed by atoms with Gasteiger partial charge in [0.2, 0.25) is 0 Å². The molecule has 28 heavy (non-hydrogen) atoms. The smallest absolute Gasteiger partial charge is 0.345 e. The van der Waals surface area contributed by atoms with Gasteiger partial charge in [0, 0.05) is 13.2 Å². The van der Waals surface area contributed by atoms with E-state index in [1.165, 1.54) is 15.5 Å². The minimum absolute atomic E-state index is 0.0300. The van der Waals surface area contributed by atoms with Crippen LogP contribution < -0.4 is 10.5 Å². The van der Waals surface area contributed by atoms with Gasteiger partial charge in [-0.05, 0) is 32.1 Å². The fourth-order valence-corrected chi connectivity index (χ4v) is 2.45. The summed E-state index contributed by atoms with van der Waals surface area (Å²) in [7, 11) is 1.58. The van der Waals surface area contributed by atoms with Gasteiger partial charge in [-0.15, -0.1) is 0 Å². The zero-order valence-corrected chi connectivity index (χ0v) is 15.8. The Morgan fingerprint density at radius 3 is 2.46 bits per heavy atom. The van der Waals surface area contributed by atoms with Gasteiger partial charge >= 0.3 is 11.9 Å². The number of aromatic nitrogens is 2. The van der Waals surface area contributed by atoms with E-state index in [9.17, 15) is 14.4 Å². The van der Waals surface area contributed by atoms with Crippen molar-refractivity contribution in [3.8, 4) is 6.07 Å². The predicted octanol–water partition coefficient (Wildman–Crippen LogP) is 1.16. The molecule has 0 atom stereocenters. The van der Waals surface area contributed by atoms with Crippen LogP contribution in [0, 0.1) is 11.3 Å². The van der Waals surface area contributed by atoms with E-state index < -0.39 is 23.1 Å². The molecule has 0 fully saturated rings. The Morgan fingerprint density at radius 1 is 1.25 bits per heavy atom. The quantitative estimate of drug-likeness (QED) is 0.230. The van der Waals surface area contributed by atoms with Gasteiger partial charge in [0.1, 0.15) is 23.6 Å². The van der Waals surface area contributed by atoms with Gasteiger partial charge in [-0.2, -0.15) is 5.26 Å². The summed E-state index contributed by atoms with van der Waals surface area (Å²) in [4.78, 5) is 43.4. The molecule has 0 aromatic carbocycles. The van der Waals surface area contributed by atoms with E-state index in [4.69, 9.17) is 14.7 Å². The van der Waals surface area contributed by atoms with Crippen LogP contribution in [0.25, 0.3) is 11.7 Å². The molecular weight excluding hydrogens is 364 g/mol. The van der Waals surface area contributed by atoms with Crippen LogP contribution in [0.15, 0.2) is 34.8 Å². The molecule has 0 aliphatic heterocycles. The lowest BCUT2D eigenvalue weighted by Gasteiger charge is -2.18. The number of carbonyl (C=O) groups is 2. The number of hydrogen-bond acceptors (Lipinski definition) is 8. The van der Waals surface area contributed by atoms with Crippen molar-refractivity contribution in [2.75, 3.05) is 31.7 Å². The number of esters is 2. The van der Waals surface area contributed by atoms with Crippen molar-refractivity contribution in [1.82, 2.24) is 9.38 Å². The normalized spacial score (nSPS) is 10.1. The van der Waals surface area contributed by atoms with Crippen molar-refractivity contribution >= 4 is 29.5 Å². The maximum atomic E-state index is 13.0. The van der Waals surface area contributed by atoms with Crippen LogP contribution in [-0.4, -0.2) is 48.1 Å². The van der Waals surface area contributed by atoms with Crippen LogP contribution in [0.3, 0.4) is 0 Å². The maximum absolute atomic E-state index is 13.0. The number of ether oxygens (including phenoxy) is 2. The molecule has 9 heteroatoms. The Morgan fingerprint density at radius 2 is 1.89 bits per heavy atom. The highest BCUT2D eigenvalue weighted by molar-refractivity contribution is 6.18. The Hall–Kier alpha value is -3.67. The van der Waals surface area contributed by atoms with Gasteiger partial charge in [0.15, 0.2) is 0 Å². The predicted molar refractivity (Wildman–Crippen MR) is 102 cm³/mol. The van der Waals surface area contributed by atoms with Gasteiger partial charge in [-0.1, -0.05) is 6.07 Å². The highest BCUT2D eigenvalue weighted by Crippen LogP contribution is 2.19. The molecule has 146 valence electrons. The average molecular weight is 384 g/mol. The highest BCUT2D eigenvalue weighted by Gasteiger charge is 2.24. The lowest BCUT2D eigenvalue weighted by molar-refractivity contribution is -0.146. The van der Waals surface area contributed by atoms with Crippen LogP contribution in [0.2, 0.25) is 0 Å². The molecule has 0 N–H and O–H groups in total. The summed E-state index contributed by atoms with van der Waals surface area (Å²) in [6.45, 7) is 3.24. The molecule has 0 unspecified atom stereocenters. The second-order valence-electron chi connectivity index (χ2n) is 5.60. The minimum Gasteiger partial charge on any atom is -0.462 e. The van der Waals surface area contributed by atoms with Gasteiger partial charge in [0.25, 0.3) is 5.56 Å². The summed E-state index contributed by atoms with van der Waals surface area (Å²) >= 11 is 0. The largest absolute Gasteiger partial charge is 0.462 e. The lowest BCUT2D eigenvalue weighted by Crippen LogP contribution is -2.27. The molecule has 0 radical (unpaired) electrons. The first kappa shape index (κ1) is 20.6. The van der Waals surface area contributed by atoms with E-state index in [2.05, 4.69) is 4.98 Å². The molecule has 0 saturated heterocycles. The van der Waals surface area contributed by atoms with Crippen LogP contribution >= 0.6 is 0 Å². The fraction of sp³-hybridized carbons (Fsp3) is 0.316. The van der Waals surface area contributed by atoms with E-state index in [-0.39, 0.29) is 31.1 Å². The third-order valence-corrected chi connectivity index (χ3v) is 3.70. The van der Waals surface area contributed by atoms with Crippen LogP contribution in [0.4, 0.5) is 5.82 Å². The molecule has 0 saturated carbocycles. The summed E-state index contributed by atoms with van der Waals surface area (Å²) in [5.74, 6) is -1.66. The number of pyridine rings is 1. The summed E-state index contributed by atoms with van der Waals surface area (Å²) in [5, 5.41) is 9.00. The molecule has 0 aliphatic rings. The second-order valence-corrected chi connectivity index (χ2v) is 5.60. The minimum atomic E-state index is -0.910. The third-order valence-electron chi connectivity index (χ3n) is 3.70. The Bertz CT molecular complexity index is 999. The Balaban J connectivity index is 2.78. The molecule has 0 bridgehead atoms. The van der Waals surface area contributed by atoms with Crippen molar-refractivity contribution in [2.24, 2.45) is 0 Å². The first-order valence-corrected chi connectivity index (χ1v) is 8.60. The van der Waals surface area contributed by atoms with Crippen molar-refractivity contribution in [2.45, 2.75) is 13.8 Å². The maximum Gasteiger partial charge on any atom is 0.345 e. The van der Waals surface area contributed by atoms with Crippen LogP contribution in [0.1, 0.15) is 19.4 Å². The van der Waals surface area contributed by atoms with E-state index >= 15 is 0 Å². The van der Waals surface area contributed by atoms with Crippen molar-refractivity contribution in [1.29, 1.82) is 5.26 Å². The number of carbonyl (C=O) groups excluding carboxylic acids is 2. The van der Waals surface area contributed by atoms with Crippen molar-refractivity contribution in [3.63, 3.8) is 0 Å². The van der Waals surface area contributed by atoms with Crippen LogP contribution in [-0.2, 0) is 19.1 Å². The molecule has 2 aromatic rings. The number of fused-ring (bicyclic) bond motifs is 1. The molecule has 0 amide bonds. The number of anilines is 1. The number of rotatable bonds is 7. The summed E-state index contributed by atoms with van der Waals surface area (Å²) in [6.07, 6.45) is 2.62. The summed E-state index contributed by atoms with van der Waals surface area (Å²) < 4.78 is 11.1. The second kappa shape index (κ2) is 9.32. The monoisotopic (exact) mass is 384 g/mol. The van der Waals surface area contributed by atoms with Crippen LogP contribution in [0.5, 0.6) is 0 Å². The summed E-state index contributed by atoms with van der Waals surface area (Å²) in [6, 6.07) is 6.98. The molecule has 2 heterocycles. The van der Waals surface area contributed by atoms with Gasteiger partial charge < -0.3 is 14.4 Å². The topological polar surface area (TPSA) is 114 Å². The molecule has 0 aliphatic carbocycles. The first-order valence-electron chi connectivity index (χ1n) is 8.60. The Labute approximate surface area is 161 Å². The molecule has 2 aromatic heterocycles. The van der Waals surface area contributed by atoms with E-state index in [1.54, 1.807) is 39.1 Å². The number of nitrogens with zero attached hydrogens (tertiary/aromatic N) is 4. The third kappa shape index (κ3) is 4.35. The fourth-order valence-electron chi connectivity index (χ4n) is 2.45. The van der Waals surface area contributed by atoms with Crippen molar-refractivity contribution < 1.29 is 19.1 Å². The molecule has 0 spiro atoms. The Kier molecular flexibility index (Phi) is 6.87. The van der Waals surface area contributed by atoms with Gasteiger partial charge in [-0.3, -0.25) is 9.20 Å². The van der Waals surface area contributed by atoms with E-state index in [0.717, 1.165) is 6.08 Å². The molecule has 9 nitrogen and oxygen atoms in total. The van der Waals surface area contributed by atoms with Gasteiger partial charge in [-0.25, -0.2) is 14.6 Å². The number of nitriles is 1. The van der Waals surface area contributed by atoms with Gasteiger partial charge in [0.05, 0.1) is 24.8 Å².